The van der Waals surface area contributed by atoms with E-state index < -0.39 is 23.0 Å². The van der Waals surface area contributed by atoms with Crippen molar-refractivity contribution in [2.45, 2.75) is 26.2 Å². The molecular formula is C25H18F3N. The number of fused-ring (bicyclic) bond motifs is 3. The van der Waals surface area contributed by atoms with Crippen LogP contribution in [0.5, 0.6) is 0 Å². The second kappa shape index (κ2) is 7.60. The van der Waals surface area contributed by atoms with Gasteiger partial charge in [-0.15, -0.1) is 0 Å². The monoisotopic (exact) mass is 389 g/mol. The molecule has 1 nitrogen and oxygen atoms in total. The van der Waals surface area contributed by atoms with Crippen LogP contribution in [0.2, 0.25) is 0 Å². The van der Waals surface area contributed by atoms with Crippen LogP contribution in [0.4, 0.5) is 13.2 Å². The van der Waals surface area contributed by atoms with Gasteiger partial charge in [-0.2, -0.15) is 5.26 Å². The van der Waals surface area contributed by atoms with E-state index >= 15 is 4.39 Å². The van der Waals surface area contributed by atoms with Gasteiger partial charge in [-0.1, -0.05) is 55.8 Å². The van der Waals surface area contributed by atoms with Crippen molar-refractivity contribution in [1.82, 2.24) is 0 Å². The maximum Gasteiger partial charge on any atom is 0.144 e. The Kier molecular flexibility index (Phi) is 4.98. The lowest BCUT2D eigenvalue weighted by atomic mass is 9.94. The van der Waals surface area contributed by atoms with E-state index in [9.17, 15) is 8.78 Å². The van der Waals surface area contributed by atoms with Gasteiger partial charge in [-0.05, 0) is 52.3 Å². The summed E-state index contributed by atoms with van der Waals surface area (Å²) in [4.78, 5) is 0. The Balaban J connectivity index is 1.86. The molecule has 0 fully saturated rings. The van der Waals surface area contributed by atoms with Gasteiger partial charge in [0.05, 0.1) is 0 Å². The predicted octanol–water partition coefficient (Wildman–Crippen LogP) is 7.29. The van der Waals surface area contributed by atoms with E-state index in [0.29, 0.717) is 5.39 Å². The van der Waals surface area contributed by atoms with E-state index in [-0.39, 0.29) is 11.1 Å². The van der Waals surface area contributed by atoms with Gasteiger partial charge in [0.25, 0.3) is 0 Å². The van der Waals surface area contributed by atoms with E-state index in [1.54, 1.807) is 12.1 Å². The number of hydrogen-bond acceptors (Lipinski definition) is 1. The Morgan fingerprint density at radius 1 is 0.828 bits per heavy atom. The summed E-state index contributed by atoms with van der Waals surface area (Å²) in [6.07, 6.45) is 3.25. The molecule has 0 aliphatic heterocycles. The molecule has 0 saturated carbocycles. The fourth-order valence-electron chi connectivity index (χ4n) is 3.75. The first-order valence-electron chi connectivity index (χ1n) is 9.57. The summed E-state index contributed by atoms with van der Waals surface area (Å²) >= 11 is 0. The lowest BCUT2D eigenvalue weighted by Gasteiger charge is -2.11. The van der Waals surface area contributed by atoms with E-state index in [2.05, 4.69) is 19.1 Å². The van der Waals surface area contributed by atoms with Crippen molar-refractivity contribution in [3.8, 4) is 17.2 Å². The second-order valence-corrected chi connectivity index (χ2v) is 7.17. The average Bonchev–Trinajstić information content (AvgIpc) is 2.71. The molecule has 144 valence electrons. The molecule has 0 aromatic heterocycles. The summed E-state index contributed by atoms with van der Waals surface area (Å²) in [6.45, 7) is 2.15. The van der Waals surface area contributed by atoms with Gasteiger partial charge in [-0.3, -0.25) is 0 Å². The van der Waals surface area contributed by atoms with Gasteiger partial charge >= 0.3 is 0 Å². The Morgan fingerprint density at radius 3 is 2.21 bits per heavy atom. The van der Waals surface area contributed by atoms with Crippen LogP contribution in [-0.4, -0.2) is 0 Å². The van der Waals surface area contributed by atoms with Crippen LogP contribution in [0.25, 0.3) is 32.7 Å². The summed E-state index contributed by atoms with van der Waals surface area (Å²) in [7, 11) is 0. The molecule has 0 unspecified atom stereocenters. The molecule has 4 aromatic carbocycles. The average molecular weight is 389 g/mol. The van der Waals surface area contributed by atoms with Crippen LogP contribution in [0.3, 0.4) is 0 Å². The quantitative estimate of drug-likeness (QED) is 0.336. The molecule has 29 heavy (non-hydrogen) atoms. The highest BCUT2D eigenvalue weighted by Gasteiger charge is 2.16. The molecule has 0 amide bonds. The first-order valence-corrected chi connectivity index (χ1v) is 9.57. The molecule has 0 heterocycles. The minimum absolute atomic E-state index is 0.0633. The topological polar surface area (TPSA) is 23.8 Å². The number of nitrogens with zero attached hydrogens (tertiary/aromatic N) is 1. The third-order valence-corrected chi connectivity index (χ3v) is 5.30. The third kappa shape index (κ3) is 3.34. The summed E-state index contributed by atoms with van der Waals surface area (Å²) in [5.74, 6) is -2.54. The van der Waals surface area contributed by atoms with Crippen molar-refractivity contribution >= 4 is 21.5 Å². The number of rotatable bonds is 4. The minimum Gasteiger partial charge on any atom is -0.206 e. The maximum atomic E-state index is 15.3. The minimum atomic E-state index is -1.000. The number of halogens is 3. The van der Waals surface area contributed by atoms with Crippen molar-refractivity contribution in [3.63, 3.8) is 0 Å². The molecule has 0 aliphatic rings. The number of unbranched alkanes of at least 4 members (excludes halogenated alkanes) is 1. The van der Waals surface area contributed by atoms with Gasteiger partial charge < -0.3 is 0 Å². The molecule has 0 N–H and O–H groups in total. The predicted molar refractivity (Wildman–Crippen MR) is 110 cm³/mol. The fraction of sp³-hybridized carbons (Fsp3) is 0.160. The van der Waals surface area contributed by atoms with Crippen LogP contribution < -0.4 is 0 Å². The van der Waals surface area contributed by atoms with E-state index in [4.69, 9.17) is 5.26 Å². The smallest absolute Gasteiger partial charge is 0.144 e. The Bertz CT molecular complexity index is 1260. The summed E-state index contributed by atoms with van der Waals surface area (Å²) < 4.78 is 43.2. The van der Waals surface area contributed by atoms with Gasteiger partial charge in [0.2, 0.25) is 0 Å². The van der Waals surface area contributed by atoms with Crippen molar-refractivity contribution in [1.29, 1.82) is 5.26 Å². The zero-order chi connectivity index (χ0) is 20.5. The van der Waals surface area contributed by atoms with Gasteiger partial charge in [0, 0.05) is 10.9 Å². The molecule has 4 aromatic rings. The van der Waals surface area contributed by atoms with E-state index in [0.717, 1.165) is 47.6 Å². The SMILES string of the molecule is CCCCc1ccc2c(ccc3c(F)c(-c4cc(F)c(C#N)c(F)c4)ccc32)c1. The largest absolute Gasteiger partial charge is 0.206 e. The molecule has 0 saturated heterocycles. The van der Waals surface area contributed by atoms with Crippen LogP contribution >= 0.6 is 0 Å². The van der Waals surface area contributed by atoms with E-state index in [1.807, 2.05) is 12.1 Å². The maximum absolute atomic E-state index is 15.3. The highest BCUT2D eigenvalue weighted by molar-refractivity contribution is 6.08. The lowest BCUT2D eigenvalue weighted by Crippen LogP contribution is -1.94. The summed E-state index contributed by atoms with van der Waals surface area (Å²) in [5, 5.41) is 11.9. The van der Waals surface area contributed by atoms with Crippen molar-refractivity contribution in [3.05, 3.63) is 83.2 Å². The molecule has 0 atom stereocenters. The first kappa shape index (κ1) is 19.0. The highest BCUT2D eigenvalue weighted by atomic mass is 19.1. The van der Waals surface area contributed by atoms with Gasteiger partial charge in [0.1, 0.15) is 29.1 Å². The number of nitriles is 1. The van der Waals surface area contributed by atoms with Crippen LogP contribution in [-0.2, 0) is 6.42 Å². The van der Waals surface area contributed by atoms with E-state index in [1.165, 1.54) is 17.7 Å². The molecule has 4 heteroatoms. The third-order valence-electron chi connectivity index (χ3n) is 5.30. The van der Waals surface area contributed by atoms with Crippen molar-refractivity contribution in [2.24, 2.45) is 0 Å². The van der Waals surface area contributed by atoms with Gasteiger partial charge in [-0.25, -0.2) is 13.2 Å². The zero-order valence-electron chi connectivity index (χ0n) is 15.9. The normalized spacial score (nSPS) is 11.1. The van der Waals surface area contributed by atoms with Crippen molar-refractivity contribution in [2.75, 3.05) is 0 Å². The Hall–Kier alpha value is -3.32. The zero-order valence-corrected chi connectivity index (χ0v) is 15.9. The molecular weight excluding hydrogens is 371 g/mol. The van der Waals surface area contributed by atoms with Crippen LogP contribution in [0.1, 0.15) is 30.9 Å². The second-order valence-electron chi connectivity index (χ2n) is 7.17. The molecule has 0 bridgehead atoms. The fourth-order valence-corrected chi connectivity index (χ4v) is 3.75. The number of benzene rings is 4. The Morgan fingerprint density at radius 2 is 1.52 bits per heavy atom. The molecule has 0 aliphatic carbocycles. The number of hydrogen-bond donors (Lipinski definition) is 0. The molecule has 4 rings (SSSR count). The summed E-state index contributed by atoms with van der Waals surface area (Å²) in [5.41, 5.74) is 0.742. The highest BCUT2D eigenvalue weighted by Crippen LogP contribution is 2.34. The molecule has 0 radical (unpaired) electrons. The molecule has 0 spiro atoms. The standard InChI is InChI=1S/C25H18F3N/c1-2-3-4-15-5-7-18-16(11-15)6-8-21-20(18)10-9-19(25(21)28)17-12-23(26)22(14-29)24(27)13-17/h5-13H,2-4H2,1H3. The Labute approximate surface area is 167 Å². The van der Waals surface area contributed by atoms with Crippen LogP contribution in [0, 0.1) is 28.8 Å². The lowest BCUT2D eigenvalue weighted by molar-refractivity contribution is 0.577. The first-order chi connectivity index (χ1) is 14.0. The number of aryl methyl sites for hydroxylation is 1. The summed E-state index contributed by atoms with van der Waals surface area (Å²) in [6, 6.07) is 16.5. The van der Waals surface area contributed by atoms with Gasteiger partial charge in [0.15, 0.2) is 0 Å². The van der Waals surface area contributed by atoms with Crippen molar-refractivity contribution < 1.29 is 13.2 Å². The van der Waals surface area contributed by atoms with Crippen LogP contribution in [0.15, 0.2) is 54.6 Å².